The molecule has 0 unspecified atom stereocenters. The summed E-state index contributed by atoms with van der Waals surface area (Å²) >= 11 is 5.26. The van der Waals surface area contributed by atoms with E-state index < -0.39 is 4.92 Å². The molecule has 1 aliphatic heterocycles. The first kappa shape index (κ1) is 6.22. The molecule has 0 N–H and O–H groups in total. The summed E-state index contributed by atoms with van der Waals surface area (Å²) < 4.78 is 0. The third kappa shape index (κ3) is 0.810. The molecule has 0 saturated heterocycles. The van der Waals surface area contributed by atoms with Gasteiger partial charge in [0.1, 0.15) is 5.71 Å². The third-order valence-electron chi connectivity index (χ3n) is 0.987. The molecule has 0 atom stereocenters. The number of nitro groups is 1. The number of aliphatic imine (C=N–C) groups is 1. The summed E-state index contributed by atoms with van der Waals surface area (Å²) in [4.78, 5) is 13.0. The zero-order valence-electron chi connectivity index (χ0n) is 4.59. The average molecular weight is 147 g/mol. The van der Waals surface area contributed by atoms with Gasteiger partial charge < -0.3 is 0 Å². The van der Waals surface area contributed by atoms with Gasteiger partial charge in [-0.05, 0) is 6.92 Å². The zero-order valence-corrected chi connectivity index (χ0v) is 5.34. The molecule has 0 fully saturated rings. The van der Waals surface area contributed by atoms with Crippen molar-refractivity contribution in [1.82, 2.24) is 0 Å². The molecule has 1 aliphatic rings. The highest BCUT2D eigenvalue weighted by Crippen LogP contribution is 2.22. The van der Waals surface area contributed by atoms with E-state index in [0.29, 0.717) is 5.71 Å². The van der Waals surface area contributed by atoms with E-state index in [1.54, 1.807) is 6.92 Å². The van der Waals surface area contributed by atoms with Crippen LogP contribution in [0.5, 0.6) is 0 Å². The minimum atomic E-state index is -0.537. The SMILES string of the molecule is CC1=NC(Cl)=C1[N+](=O)[O-]. The van der Waals surface area contributed by atoms with Crippen molar-refractivity contribution in [2.75, 3.05) is 0 Å². The Morgan fingerprint density at radius 2 is 2.33 bits per heavy atom. The van der Waals surface area contributed by atoms with Gasteiger partial charge in [-0.1, -0.05) is 11.6 Å². The highest BCUT2D eigenvalue weighted by Gasteiger charge is 2.28. The third-order valence-corrected chi connectivity index (χ3v) is 1.25. The molecule has 9 heavy (non-hydrogen) atoms. The van der Waals surface area contributed by atoms with Crippen LogP contribution in [0.2, 0.25) is 0 Å². The van der Waals surface area contributed by atoms with Crippen LogP contribution < -0.4 is 0 Å². The van der Waals surface area contributed by atoms with Crippen LogP contribution in [0.25, 0.3) is 0 Å². The molecule has 0 aliphatic carbocycles. The van der Waals surface area contributed by atoms with Gasteiger partial charge in [0, 0.05) is 0 Å². The van der Waals surface area contributed by atoms with Gasteiger partial charge in [-0.15, -0.1) is 0 Å². The molecule has 0 bridgehead atoms. The highest BCUT2D eigenvalue weighted by atomic mass is 35.5. The Bertz CT molecular complexity index is 225. The second-order valence-corrected chi connectivity index (χ2v) is 1.95. The van der Waals surface area contributed by atoms with Gasteiger partial charge in [0.25, 0.3) is 0 Å². The Morgan fingerprint density at radius 1 is 1.78 bits per heavy atom. The molecule has 0 amide bonds. The van der Waals surface area contributed by atoms with Crippen LogP contribution >= 0.6 is 11.6 Å². The van der Waals surface area contributed by atoms with Crippen molar-refractivity contribution < 1.29 is 4.92 Å². The molecular formula is C4H3ClN2O2. The fraction of sp³-hybridized carbons (Fsp3) is 0.250. The van der Waals surface area contributed by atoms with E-state index in [4.69, 9.17) is 11.6 Å². The van der Waals surface area contributed by atoms with Gasteiger partial charge in [-0.25, -0.2) is 4.99 Å². The van der Waals surface area contributed by atoms with E-state index in [9.17, 15) is 10.1 Å². The summed E-state index contributed by atoms with van der Waals surface area (Å²) in [6.07, 6.45) is 0. The van der Waals surface area contributed by atoms with Crippen molar-refractivity contribution in [2.24, 2.45) is 4.99 Å². The predicted molar refractivity (Wildman–Crippen MR) is 33.0 cm³/mol. The van der Waals surface area contributed by atoms with E-state index in [-0.39, 0.29) is 10.9 Å². The van der Waals surface area contributed by atoms with Crippen LogP contribution in [0.15, 0.2) is 15.8 Å². The summed E-state index contributed by atoms with van der Waals surface area (Å²) in [5, 5.41) is 9.98. The van der Waals surface area contributed by atoms with Gasteiger partial charge in [0.2, 0.25) is 5.16 Å². The molecule has 48 valence electrons. The zero-order chi connectivity index (χ0) is 7.02. The molecule has 0 saturated carbocycles. The van der Waals surface area contributed by atoms with Gasteiger partial charge in [-0.2, -0.15) is 0 Å². The van der Waals surface area contributed by atoms with E-state index >= 15 is 0 Å². The number of allylic oxidation sites excluding steroid dienone is 1. The number of rotatable bonds is 1. The second kappa shape index (κ2) is 1.80. The van der Waals surface area contributed by atoms with E-state index in [2.05, 4.69) is 4.99 Å². The van der Waals surface area contributed by atoms with Crippen molar-refractivity contribution >= 4 is 17.3 Å². The van der Waals surface area contributed by atoms with Crippen LogP contribution in [0.3, 0.4) is 0 Å². The van der Waals surface area contributed by atoms with Crippen LogP contribution in [0.4, 0.5) is 0 Å². The Balaban J connectivity index is 2.84. The summed E-state index contributed by atoms with van der Waals surface area (Å²) in [6.45, 7) is 1.55. The minimum absolute atomic E-state index is 0.00231. The molecule has 0 aromatic carbocycles. The highest BCUT2D eigenvalue weighted by molar-refractivity contribution is 6.35. The standard InChI is InChI=1S/C4H3ClN2O2/c1-2-3(7(8)9)4(5)6-2/h1H3. The van der Waals surface area contributed by atoms with Gasteiger partial charge >= 0.3 is 5.70 Å². The smallest absolute Gasteiger partial charge is 0.258 e. The Labute approximate surface area is 56.0 Å². The molecular weight excluding hydrogens is 144 g/mol. The minimum Gasteiger partial charge on any atom is -0.258 e. The first-order chi connectivity index (χ1) is 4.13. The summed E-state index contributed by atoms with van der Waals surface area (Å²) in [7, 11) is 0. The molecule has 0 aromatic rings. The quantitative estimate of drug-likeness (QED) is 0.317. The fourth-order valence-electron chi connectivity index (χ4n) is 0.557. The Kier molecular flexibility index (Phi) is 1.25. The molecule has 1 heterocycles. The van der Waals surface area contributed by atoms with Crippen molar-refractivity contribution in [1.29, 1.82) is 0 Å². The first-order valence-electron chi connectivity index (χ1n) is 2.22. The largest absolute Gasteiger partial charge is 0.327 e. The normalized spacial score (nSPS) is 16.9. The number of hydrogen-bond acceptors (Lipinski definition) is 3. The molecule has 0 spiro atoms. The van der Waals surface area contributed by atoms with Gasteiger partial charge in [0.15, 0.2) is 0 Å². The summed E-state index contributed by atoms with van der Waals surface area (Å²) in [5.41, 5.74) is 0.335. The monoisotopic (exact) mass is 146 g/mol. The van der Waals surface area contributed by atoms with Crippen LogP contribution in [-0.2, 0) is 0 Å². The van der Waals surface area contributed by atoms with E-state index in [1.807, 2.05) is 0 Å². The predicted octanol–water partition coefficient (Wildman–Crippen LogP) is 1.15. The Hall–Kier alpha value is -0.900. The topological polar surface area (TPSA) is 55.5 Å². The van der Waals surface area contributed by atoms with E-state index in [1.165, 1.54) is 0 Å². The van der Waals surface area contributed by atoms with Crippen molar-refractivity contribution in [3.05, 3.63) is 21.0 Å². The second-order valence-electron chi connectivity index (χ2n) is 1.59. The first-order valence-corrected chi connectivity index (χ1v) is 2.60. The van der Waals surface area contributed by atoms with E-state index in [0.717, 1.165) is 0 Å². The van der Waals surface area contributed by atoms with Crippen molar-refractivity contribution in [2.45, 2.75) is 6.92 Å². The molecule has 0 aromatic heterocycles. The molecule has 5 heteroatoms. The average Bonchev–Trinajstić information content (AvgIpc) is 1.62. The lowest BCUT2D eigenvalue weighted by Gasteiger charge is -2.05. The number of hydrogen-bond donors (Lipinski definition) is 0. The number of nitrogens with zero attached hydrogens (tertiary/aromatic N) is 2. The summed E-state index contributed by atoms with van der Waals surface area (Å²) in [6, 6.07) is 0. The van der Waals surface area contributed by atoms with Crippen molar-refractivity contribution in [3.63, 3.8) is 0 Å². The van der Waals surface area contributed by atoms with Crippen LogP contribution in [0, 0.1) is 10.1 Å². The van der Waals surface area contributed by atoms with Crippen LogP contribution in [0.1, 0.15) is 6.92 Å². The van der Waals surface area contributed by atoms with Crippen LogP contribution in [-0.4, -0.2) is 10.6 Å². The Morgan fingerprint density at radius 3 is 2.44 bits per heavy atom. The lowest BCUT2D eigenvalue weighted by molar-refractivity contribution is -0.417. The lowest BCUT2D eigenvalue weighted by Crippen LogP contribution is -2.16. The lowest BCUT2D eigenvalue weighted by atomic mass is 10.2. The summed E-state index contributed by atoms with van der Waals surface area (Å²) in [5.74, 6) is 0. The fourth-order valence-corrected chi connectivity index (χ4v) is 0.889. The number of halogens is 1. The molecule has 4 nitrogen and oxygen atoms in total. The molecule has 1 rings (SSSR count). The maximum absolute atomic E-state index is 9.98. The van der Waals surface area contributed by atoms with Crippen molar-refractivity contribution in [3.8, 4) is 0 Å². The van der Waals surface area contributed by atoms with Gasteiger partial charge in [0.05, 0.1) is 4.92 Å². The van der Waals surface area contributed by atoms with Gasteiger partial charge in [-0.3, -0.25) is 10.1 Å². The maximum Gasteiger partial charge on any atom is 0.327 e. The maximum atomic E-state index is 9.98. The molecule has 0 radical (unpaired) electrons.